The van der Waals surface area contributed by atoms with Crippen LogP contribution in [0.25, 0.3) is 0 Å². The first-order valence-electron chi connectivity index (χ1n) is 7.41. The maximum atomic E-state index is 10.9. The van der Waals surface area contributed by atoms with Crippen molar-refractivity contribution >= 4 is 0 Å². The Kier molecular flexibility index (Phi) is 2.66. The molecule has 1 N–H and O–H groups in total. The Bertz CT molecular complexity index is 699. The number of aliphatic hydroxyl groups excluding tert-OH is 1. The molecule has 106 valence electrons. The number of imidazole rings is 1. The summed E-state index contributed by atoms with van der Waals surface area (Å²) in [5.74, 6) is 0. The zero-order valence-corrected chi connectivity index (χ0v) is 11.7. The van der Waals surface area contributed by atoms with Crippen LogP contribution < -0.4 is 0 Å². The first kappa shape index (κ1) is 12.6. The van der Waals surface area contributed by atoms with Crippen LogP contribution in [0.15, 0.2) is 36.8 Å². The van der Waals surface area contributed by atoms with E-state index >= 15 is 0 Å². The fourth-order valence-electron chi connectivity index (χ4n) is 3.45. The van der Waals surface area contributed by atoms with Crippen LogP contribution in [0.1, 0.15) is 41.8 Å². The van der Waals surface area contributed by atoms with E-state index < -0.39 is 11.5 Å². The molecule has 0 amide bonds. The summed E-state index contributed by atoms with van der Waals surface area (Å²) >= 11 is 0. The van der Waals surface area contributed by atoms with E-state index in [-0.39, 0.29) is 0 Å². The minimum atomic E-state index is -0.794. The third kappa shape index (κ3) is 1.89. The SMILES string of the molecule is N#CC1(C(O)c2cncn2C2CC2)Cc2ccccc2C1. The van der Waals surface area contributed by atoms with Crippen molar-refractivity contribution in [3.8, 4) is 6.07 Å². The highest BCUT2D eigenvalue weighted by Gasteiger charge is 2.46. The summed E-state index contributed by atoms with van der Waals surface area (Å²) in [5, 5.41) is 20.7. The molecule has 4 heteroatoms. The summed E-state index contributed by atoms with van der Waals surface area (Å²) in [7, 11) is 0. The van der Waals surface area contributed by atoms with Crippen LogP contribution in [0.2, 0.25) is 0 Å². The monoisotopic (exact) mass is 279 g/mol. The molecule has 0 spiro atoms. The number of benzene rings is 1. The fraction of sp³-hybridized carbons (Fsp3) is 0.412. The fourth-order valence-corrected chi connectivity index (χ4v) is 3.45. The number of rotatable bonds is 3. The molecular formula is C17H17N3O. The third-order valence-corrected chi connectivity index (χ3v) is 4.79. The summed E-state index contributed by atoms with van der Waals surface area (Å²) < 4.78 is 2.05. The Balaban J connectivity index is 1.71. The van der Waals surface area contributed by atoms with Gasteiger partial charge in [-0.3, -0.25) is 0 Å². The number of hydrogen-bond donors (Lipinski definition) is 1. The highest BCUT2D eigenvalue weighted by molar-refractivity contribution is 5.39. The number of nitriles is 1. The van der Waals surface area contributed by atoms with E-state index in [4.69, 9.17) is 0 Å². The van der Waals surface area contributed by atoms with Gasteiger partial charge in [-0.15, -0.1) is 0 Å². The molecule has 2 aliphatic carbocycles. The largest absolute Gasteiger partial charge is 0.385 e. The normalized spacial score (nSPS) is 20.8. The first-order chi connectivity index (χ1) is 10.2. The van der Waals surface area contributed by atoms with Gasteiger partial charge in [0, 0.05) is 6.04 Å². The highest BCUT2D eigenvalue weighted by Crippen LogP contribution is 2.47. The maximum Gasteiger partial charge on any atom is 0.115 e. The van der Waals surface area contributed by atoms with Crippen molar-refractivity contribution < 1.29 is 5.11 Å². The van der Waals surface area contributed by atoms with E-state index in [1.165, 1.54) is 11.1 Å². The molecule has 0 bridgehead atoms. The molecule has 1 atom stereocenters. The van der Waals surface area contributed by atoms with Crippen molar-refractivity contribution in [2.45, 2.75) is 37.8 Å². The molecule has 4 rings (SSSR count). The molecule has 1 aromatic heterocycles. The molecule has 0 saturated heterocycles. The molecule has 1 fully saturated rings. The van der Waals surface area contributed by atoms with Crippen molar-refractivity contribution in [1.82, 2.24) is 9.55 Å². The zero-order valence-electron chi connectivity index (χ0n) is 11.7. The lowest BCUT2D eigenvalue weighted by molar-refractivity contribution is 0.0621. The highest BCUT2D eigenvalue weighted by atomic mass is 16.3. The minimum Gasteiger partial charge on any atom is -0.385 e. The van der Waals surface area contributed by atoms with Crippen molar-refractivity contribution in [2.24, 2.45) is 5.41 Å². The zero-order chi connectivity index (χ0) is 14.4. The Labute approximate surface area is 123 Å². The van der Waals surface area contributed by atoms with Crippen LogP contribution >= 0.6 is 0 Å². The molecule has 2 aliphatic rings. The van der Waals surface area contributed by atoms with Crippen LogP contribution in [0.5, 0.6) is 0 Å². The topological polar surface area (TPSA) is 61.8 Å². The summed E-state index contributed by atoms with van der Waals surface area (Å²) in [6.45, 7) is 0. The Morgan fingerprint density at radius 1 is 1.29 bits per heavy atom. The molecular weight excluding hydrogens is 262 g/mol. The number of aromatic nitrogens is 2. The van der Waals surface area contributed by atoms with Crippen LogP contribution in [-0.2, 0) is 12.8 Å². The molecule has 21 heavy (non-hydrogen) atoms. The molecule has 1 aromatic carbocycles. The summed E-state index contributed by atoms with van der Waals surface area (Å²) in [5.41, 5.74) is 2.37. The van der Waals surface area contributed by atoms with E-state index in [2.05, 4.69) is 23.2 Å². The van der Waals surface area contributed by atoms with Gasteiger partial charge in [0.2, 0.25) is 0 Å². The van der Waals surface area contributed by atoms with Gasteiger partial charge >= 0.3 is 0 Å². The Morgan fingerprint density at radius 2 is 1.95 bits per heavy atom. The van der Waals surface area contributed by atoms with Crippen molar-refractivity contribution in [2.75, 3.05) is 0 Å². The lowest BCUT2D eigenvalue weighted by Crippen LogP contribution is -2.29. The molecule has 2 aromatic rings. The quantitative estimate of drug-likeness (QED) is 0.939. The van der Waals surface area contributed by atoms with Gasteiger partial charge in [0.25, 0.3) is 0 Å². The summed E-state index contributed by atoms with van der Waals surface area (Å²) in [6.07, 6.45) is 6.19. The van der Waals surface area contributed by atoms with Crippen LogP contribution in [0, 0.1) is 16.7 Å². The van der Waals surface area contributed by atoms with E-state index in [1.54, 1.807) is 12.5 Å². The van der Waals surface area contributed by atoms with Gasteiger partial charge < -0.3 is 9.67 Å². The summed E-state index contributed by atoms with van der Waals surface area (Å²) in [6, 6.07) is 11.0. The molecule has 1 heterocycles. The van der Waals surface area contributed by atoms with Crippen LogP contribution in [-0.4, -0.2) is 14.7 Å². The molecule has 1 unspecified atom stereocenters. The molecule has 1 saturated carbocycles. The third-order valence-electron chi connectivity index (χ3n) is 4.79. The number of aliphatic hydroxyl groups is 1. The van der Waals surface area contributed by atoms with Crippen molar-refractivity contribution in [1.29, 1.82) is 5.26 Å². The predicted octanol–water partition coefficient (Wildman–Crippen LogP) is 2.56. The van der Waals surface area contributed by atoms with Gasteiger partial charge in [-0.05, 0) is 36.8 Å². The smallest absolute Gasteiger partial charge is 0.115 e. The van der Waals surface area contributed by atoms with Gasteiger partial charge in [-0.1, -0.05) is 24.3 Å². The molecule has 0 radical (unpaired) electrons. The number of fused-ring (bicyclic) bond motifs is 1. The van der Waals surface area contributed by atoms with Gasteiger partial charge in [-0.2, -0.15) is 5.26 Å². The number of hydrogen-bond acceptors (Lipinski definition) is 3. The summed E-state index contributed by atoms with van der Waals surface area (Å²) in [4.78, 5) is 4.18. The van der Waals surface area contributed by atoms with Crippen LogP contribution in [0.3, 0.4) is 0 Å². The maximum absolute atomic E-state index is 10.9. The second kappa shape index (κ2) is 4.44. The van der Waals surface area contributed by atoms with Gasteiger partial charge in [-0.25, -0.2) is 4.98 Å². The van der Waals surface area contributed by atoms with E-state index in [1.807, 2.05) is 16.7 Å². The Morgan fingerprint density at radius 3 is 2.52 bits per heavy atom. The standard InChI is InChI=1S/C17H17N3O/c18-10-17(7-12-3-1-2-4-13(12)8-17)16(21)15-9-19-11-20(15)14-5-6-14/h1-4,9,11,14,16,21H,5-8H2. The van der Waals surface area contributed by atoms with Gasteiger partial charge in [0.15, 0.2) is 0 Å². The second-order valence-corrected chi connectivity index (χ2v) is 6.25. The predicted molar refractivity (Wildman–Crippen MR) is 77.4 cm³/mol. The lowest BCUT2D eigenvalue weighted by Gasteiger charge is -2.27. The minimum absolute atomic E-state index is 0.455. The van der Waals surface area contributed by atoms with Crippen molar-refractivity contribution in [3.63, 3.8) is 0 Å². The van der Waals surface area contributed by atoms with E-state index in [0.717, 1.165) is 18.5 Å². The van der Waals surface area contributed by atoms with Gasteiger partial charge in [0.05, 0.1) is 29.7 Å². The molecule has 0 aliphatic heterocycles. The van der Waals surface area contributed by atoms with Gasteiger partial charge in [0.1, 0.15) is 6.10 Å². The van der Waals surface area contributed by atoms with Crippen LogP contribution in [0.4, 0.5) is 0 Å². The average molecular weight is 279 g/mol. The average Bonchev–Trinajstić information content (AvgIpc) is 3.12. The van der Waals surface area contributed by atoms with Crippen molar-refractivity contribution in [3.05, 3.63) is 53.6 Å². The number of nitrogens with zero attached hydrogens (tertiary/aromatic N) is 3. The first-order valence-corrected chi connectivity index (χ1v) is 7.41. The Hall–Kier alpha value is -2.12. The van der Waals surface area contributed by atoms with E-state index in [0.29, 0.717) is 18.9 Å². The lowest BCUT2D eigenvalue weighted by atomic mass is 9.79. The van der Waals surface area contributed by atoms with E-state index in [9.17, 15) is 10.4 Å². The molecule has 4 nitrogen and oxygen atoms in total. The second-order valence-electron chi connectivity index (χ2n) is 6.25.